The maximum absolute atomic E-state index is 13.4. The first kappa shape index (κ1) is 34.2. The Morgan fingerprint density at radius 1 is 0.795 bits per heavy atom. The quantitative estimate of drug-likeness (QED) is 0.169. The summed E-state index contributed by atoms with van der Waals surface area (Å²) in [5, 5.41) is 34.1. The standard InChI is InChI=1S/C32H40N4O7S/c1-32(2,3)28(36-31(40)41)30(39)35-26(19-22-12-8-5-9-13-22)27(37)20-24(18-21-10-6-4-7-11-21)34-29(38)23-14-16-25(17-15-23)44(33,42)43/h4-17,24,26-28,36-37H,18-20H2,1-3H3,(H,34,38)(H,35,39)(H,40,41)(H2,33,42,43)/t24-,26-,27+,28-/m0/s1. The molecule has 3 aromatic rings. The van der Waals surface area contributed by atoms with Crippen LogP contribution >= 0.6 is 0 Å². The van der Waals surface area contributed by atoms with Crippen molar-refractivity contribution in [3.8, 4) is 0 Å². The molecule has 0 bridgehead atoms. The monoisotopic (exact) mass is 624 g/mol. The van der Waals surface area contributed by atoms with Gasteiger partial charge < -0.3 is 26.2 Å². The van der Waals surface area contributed by atoms with E-state index in [-0.39, 0.29) is 23.3 Å². The molecule has 236 valence electrons. The van der Waals surface area contributed by atoms with E-state index < -0.39 is 57.6 Å². The highest BCUT2D eigenvalue weighted by molar-refractivity contribution is 7.89. The number of sulfonamides is 1. The molecule has 11 nitrogen and oxygen atoms in total. The third-order valence-corrected chi connectivity index (χ3v) is 8.05. The summed E-state index contributed by atoms with van der Waals surface area (Å²) in [4.78, 5) is 38.0. The smallest absolute Gasteiger partial charge is 0.405 e. The minimum absolute atomic E-state index is 0.0419. The van der Waals surface area contributed by atoms with Crippen molar-refractivity contribution in [2.45, 2.75) is 69.2 Å². The minimum Gasteiger partial charge on any atom is -0.465 e. The molecule has 0 saturated heterocycles. The van der Waals surface area contributed by atoms with E-state index in [1.54, 1.807) is 20.8 Å². The SMILES string of the molecule is CC(C)(C)[C@@H](NC(=O)O)C(=O)N[C@@H](Cc1ccccc1)[C@H](O)C[C@H](Cc1ccccc1)NC(=O)c1ccc(S(N)(=O)=O)cc1. The number of carboxylic acid groups (broad SMARTS) is 1. The molecule has 3 rings (SSSR count). The van der Waals surface area contributed by atoms with Gasteiger partial charge in [0.25, 0.3) is 5.91 Å². The number of nitrogens with one attached hydrogen (secondary N) is 3. The van der Waals surface area contributed by atoms with Crippen LogP contribution in [0, 0.1) is 5.41 Å². The number of aliphatic hydroxyl groups excluding tert-OH is 1. The second-order valence-corrected chi connectivity index (χ2v) is 13.3. The van der Waals surface area contributed by atoms with Crippen molar-refractivity contribution in [2.75, 3.05) is 0 Å². The lowest BCUT2D eigenvalue weighted by molar-refractivity contribution is -0.127. The third-order valence-electron chi connectivity index (χ3n) is 7.12. The largest absolute Gasteiger partial charge is 0.465 e. The van der Waals surface area contributed by atoms with Gasteiger partial charge in [0.1, 0.15) is 6.04 Å². The fraction of sp³-hybridized carbons (Fsp3) is 0.344. The van der Waals surface area contributed by atoms with Gasteiger partial charge in [0.15, 0.2) is 0 Å². The predicted octanol–water partition coefficient (Wildman–Crippen LogP) is 2.84. The highest BCUT2D eigenvalue weighted by atomic mass is 32.2. The Morgan fingerprint density at radius 2 is 1.32 bits per heavy atom. The van der Waals surface area contributed by atoms with E-state index >= 15 is 0 Å². The molecule has 44 heavy (non-hydrogen) atoms. The molecule has 0 aliphatic rings. The molecule has 0 unspecified atom stereocenters. The van der Waals surface area contributed by atoms with Crippen molar-refractivity contribution >= 4 is 27.9 Å². The maximum Gasteiger partial charge on any atom is 0.405 e. The number of hydrogen-bond acceptors (Lipinski definition) is 6. The van der Waals surface area contributed by atoms with Gasteiger partial charge in [0, 0.05) is 11.6 Å². The average molecular weight is 625 g/mol. The van der Waals surface area contributed by atoms with Crippen molar-refractivity contribution in [1.82, 2.24) is 16.0 Å². The van der Waals surface area contributed by atoms with Crippen LogP contribution in [0.15, 0.2) is 89.8 Å². The van der Waals surface area contributed by atoms with Crippen LogP contribution in [0.3, 0.4) is 0 Å². The summed E-state index contributed by atoms with van der Waals surface area (Å²) < 4.78 is 23.2. The molecule has 0 aliphatic carbocycles. The molecular formula is C32H40N4O7S. The lowest BCUT2D eigenvalue weighted by Crippen LogP contribution is -2.58. The summed E-state index contributed by atoms with van der Waals surface area (Å²) in [6.45, 7) is 5.20. The van der Waals surface area contributed by atoms with Crippen molar-refractivity contribution in [2.24, 2.45) is 10.6 Å². The van der Waals surface area contributed by atoms with Crippen LogP contribution in [-0.2, 0) is 27.7 Å². The fourth-order valence-corrected chi connectivity index (χ4v) is 5.34. The Labute approximate surface area is 257 Å². The molecule has 7 N–H and O–H groups in total. The predicted molar refractivity (Wildman–Crippen MR) is 166 cm³/mol. The second-order valence-electron chi connectivity index (χ2n) is 11.8. The Balaban J connectivity index is 1.87. The van der Waals surface area contributed by atoms with Crippen molar-refractivity contribution in [3.05, 3.63) is 102 Å². The van der Waals surface area contributed by atoms with Gasteiger partial charge in [0.2, 0.25) is 15.9 Å². The zero-order valence-electron chi connectivity index (χ0n) is 24.9. The molecule has 0 aromatic heterocycles. The molecule has 4 atom stereocenters. The van der Waals surface area contributed by atoms with E-state index in [0.29, 0.717) is 6.42 Å². The van der Waals surface area contributed by atoms with Crippen LogP contribution in [0.1, 0.15) is 48.7 Å². The van der Waals surface area contributed by atoms with Gasteiger partial charge in [-0.05, 0) is 60.1 Å². The zero-order chi connectivity index (χ0) is 32.5. The van der Waals surface area contributed by atoms with Crippen LogP contribution in [0.5, 0.6) is 0 Å². The Kier molecular flexibility index (Phi) is 11.6. The Hall–Kier alpha value is -4.26. The van der Waals surface area contributed by atoms with Crippen LogP contribution in [0.2, 0.25) is 0 Å². The number of carbonyl (C=O) groups is 3. The highest BCUT2D eigenvalue weighted by Crippen LogP contribution is 2.21. The van der Waals surface area contributed by atoms with Crippen LogP contribution in [0.25, 0.3) is 0 Å². The van der Waals surface area contributed by atoms with E-state index in [2.05, 4.69) is 16.0 Å². The Bertz CT molecular complexity index is 1510. The van der Waals surface area contributed by atoms with E-state index in [4.69, 9.17) is 5.14 Å². The van der Waals surface area contributed by atoms with E-state index in [0.717, 1.165) is 11.1 Å². The van der Waals surface area contributed by atoms with E-state index in [9.17, 15) is 33.0 Å². The minimum atomic E-state index is -3.93. The lowest BCUT2D eigenvalue weighted by atomic mass is 9.85. The molecule has 0 spiro atoms. The first-order valence-corrected chi connectivity index (χ1v) is 15.7. The van der Waals surface area contributed by atoms with E-state index in [1.807, 2.05) is 60.7 Å². The zero-order valence-corrected chi connectivity index (χ0v) is 25.8. The van der Waals surface area contributed by atoms with Crippen LogP contribution < -0.4 is 21.1 Å². The number of carbonyl (C=O) groups excluding carboxylic acids is 2. The molecule has 12 heteroatoms. The molecular weight excluding hydrogens is 584 g/mol. The maximum atomic E-state index is 13.4. The summed E-state index contributed by atoms with van der Waals surface area (Å²) in [5.74, 6) is -1.07. The molecule has 0 heterocycles. The van der Waals surface area contributed by atoms with Gasteiger partial charge in [0.05, 0.1) is 17.0 Å². The van der Waals surface area contributed by atoms with Gasteiger partial charge in [-0.2, -0.15) is 0 Å². The molecule has 0 saturated carbocycles. The molecule has 0 aliphatic heterocycles. The van der Waals surface area contributed by atoms with Crippen LogP contribution in [0.4, 0.5) is 4.79 Å². The number of primary sulfonamides is 1. The number of benzene rings is 3. The van der Waals surface area contributed by atoms with Crippen LogP contribution in [-0.4, -0.2) is 60.8 Å². The van der Waals surface area contributed by atoms with Crippen molar-refractivity contribution < 1.29 is 33.0 Å². The number of rotatable bonds is 13. The summed E-state index contributed by atoms with van der Waals surface area (Å²) in [7, 11) is -3.93. The number of hydrogen-bond donors (Lipinski definition) is 6. The highest BCUT2D eigenvalue weighted by Gasteiger charge is 2.35. The van der Waals surface area contributed by atoms with Crippen molar-refractivity contribution in [1.29, 1.82) is 0 Å². The number of amides is 3. The van der Waals surface area contributed by atoms with Gasteiger partial charge >= 0.3 is 6.09 Å². The normalized spacial score (nSPS) is 14.5. The van der Waals surface area contributed by atoms with Gasteiger partial charge in [-0.25, -0.2) is 18.4 Å². The number of aliphatic hydroxyl groups is 1. The molecule has 3 amide bonds. The third kappa shape index (κ3) is 10.5. The number of nitrogens with two attached hydrogens (primary N) is 1. The molecule has 0 radical (unpaired) electrons. The summed E-state index contributed by atoms with van der Waals surface area (Å²) >= 11 is 0. The summed E-state index contributed by atoms with van der Waals surface area (Å²) in [6, 6.07) is 21.3. The molecule has 3 aromatic carbocycles. The first-order valence-electron chi connectivity index (χ1n) is 14.1. The Morgan fingerprint density at radius 3 is 1.80 bits per heavy atom. The van der Waals surface area contributed by atoms with E-state index in [1.165, 1.54) is 24.3 Å². The summed E-state index contributed by atoms with van der Waals surface area (Å²) in [5.41, 5.74) is 1.19. The average Bonchev–Trinajstić information content (AvgIpc) is 2.95. The summed E-state index contributed by atoms with van der Waals surface area (Å²) in [6.07, 6.45) is -1.85. The lowest BCUT2D eigenvalue weighted by Gasteiger charge is -2.33. The molecule has 0 fully saturated rings. The fourth-order valence-electron chi connectivity index (χ4n) is 4.83. The first-order chi connectivity index (χ1) is 20.6. The van der Waals surface area contributed by atoms with Gasteiger partial charge in [-0.3, -0.25) is 9.59 Å². The van der Waals surface area contributed by atoms with Gasteiger partial charge in [-0.15, -0.1) is 0 Å². The van der Waals surface area contributed by atoms with Crippen molar-refractivity contribution in [3.63, 3.8) is 0 Å². The topological polar surface area (TPSA) is 188 Å². The second kappa shape index (κ2) is 15.0. The van der Waals surface area contributed by atoms with Gasteiger partial charge in [-0.1, -0.05) is 81.4 Å².